The van der Waals surface area contributed by atoms with Gasteiger partial charge in [0.2, 0.25) is 0 Å². The summed E-state index contributed by atoms with van der Waals surface area (Å²) >= 11 is 0. The van der Waals surface area contributed by atoms with Crippen LogP contribution in [0.2, 0.25) is 0 Å². The molecule has 6 nitrogen and oxygen atoms in total. The summed E-state index contributed by atoms with van der Waals surface area (Å²) in [6, 6.07) is 2.21. The summed E-state index contributed by atoms with van der Waals surface area (Å²) in [6.45, 7) is 3.21. The van der Waals surface area contributed by atoms with Crippen LogP contribution in [0.1, 0.15) is 34.6 Å². The molecule has 0 fully saturated rings. The van der Waals surface area contributed by atoms with Gasteiger partial charge in [0.1, 0.15) is 5.75 Å². The van der Waals surface area contributed by atoms with Gasteiger partial charge in [0.25, 0.3) is 5.69 Å². The topological polar surface area (TPSA) is 86.5 Å². The first-order chi connectivity index (χ1) is 8.01. The highest BCUT2D eigenvalue weighted by molar-refractivity contribution is 6.04. The minimum absolute atomic E-state index is 0.0323. The van der Waals surface area contributed by atoms with Gasteiger partial charge in [-0.1, -0.05) is 0 Å². The molecular weight excluding hydrogens is 226 g/mol. The lowest BCUT2D eigenvalue weighted by Crippen LogP contribution is -2.06. The van der Waals surface area contributed by atoms with Crippen molar-refractivity contribution in [2.45, 2.75) is 13.8 Å². The number of non-ortho nitro benzene ring substituents is 1. The molecule has 0 atom stereocenters. The van der Waals surface area contributed by atoms with Crippen LogP contribution in [-0.4, -0.2) is 23.6 Å². The molecule has 0 saturated heterocycles. The number of carbonyl (C=O) groups excluding carboxylic acids is 2. The molecule has 0 saturated carbocycles. The maximum atomic E-state index is 11.4. The van der Waals surface area contributed by atoms with Crippen LogP contribution < -0.4 is 4.74 Å². The average Bonchev–Trinajstić information content (AvgIpc) is 2.27. The maximum Gasteiger partial charge on any atom is 0.273 e. The number of nitro benzene ring substituents is 1. The van der Waals surface area contributed by atoms with Crippen LogP contribution in [0.3, 0.4) is 0 Å². The SMILES string of the molecule is CCOc1cc([N+](=O)[O-])cc(C=O)c1C(C)=O. The van der Waals surface area contributed by atoms with Gasteiger partial charge in [-0.25, -0.2) is 0 Å². The zero-order chi connectivity index (χ0) is 13.0. The molecule has 0 radical (unpaired) electrons. The van der Waals surface area contributed by atoms with Gasteiger partial charge in [-0.05, 0) is 13.8 Å². The van der Waals surface area contributed by atoms with Gasteiger partial charge in [0.05, 0.1) is 23.2 Å². The molecule has 6 heteroatoms. The predicted octanol–water partition coefficient (Wildman–Crippen LogP) is 2.01. The number of rotatable bonds is 5. The molecular formula is C11H11NO5. The second kappa shape index (κ2) is 5.20. The average molecular weight is 237 g/mol. The molecule has 1 aromatic rings. The minimum atomic E-state index is -0.639. The molecule has 0 amide bonds. The highest BCUT2D eigenvalue weighted by Crippen LogP contribution is 2.28. The number of ketones is 1. The summed E-state index contributed by atoms with van der Waals surface area (Å²) in [6.07, 6.45) is 0.409. The number of Topliss-reactive ketones (excluding diaryl/α,β-unsaturated/α-hetero) is 1. The Labute approximate surface area is 97.3 Å². The number of benzene rings is 1. The monoisotopic (exact) mass is 237 g/mol. The highest BCUT2D eigenvalue weighted by atomic mass is 16.6. The van der Waals surface area contributed by atoms with E-state index in [2.05, 4.69) is 0 Å². The molecule has 1 aromatic carbocycles. The number of nitrogens with zero attached hydrogens (tertiary/aromatic N) is 1. The molecule has 0 aromatic heterocycles. The molecule has 0 aliphatic rings. The van der Waals surface area contributed by atoms with E-state index in [1.165, 1.54) is 6.92 Å². The predicted molar refractivity (Wildman–Crippen MR) is 59.7 cm³/mol. The maximum absolute atomic E-state index is 11.4. The van der Waals surface area contributed by atoms with E-state index >= 15 is 0 Å². The first-order valence-electron chi connectivity index (χ1n) is 4.92. The fourth-order valence-electron chi connectivity index (χ4n) is 1.47. The third kappa shape index (κ3) is 2.66. The van der Waals surface area contributed by atoms with Crippen molar-refractivity contribution in [3.8, 4) is 5.75 Å². The number of hydrogen-bond donors (Lipinski definition) is 0. The third-order valence-corrected chi connectivity index (χ3v) is 2.11. The molecule has 0 aliphatic heterocycles. The molecule has 17 heavy (non-hydrogen) atoms. The Morgan fingerprint density at radius 3 is 2.59 bits per heavy atom. The zero-order valence-electron chi connectivity index (χ0n) is 9.43. The zero-order valence-corrected chi connectivity index (χ0v) is 9.43. The van der Waals surface area contributed by atoms with Crippen LogP contribution in [0.5, 0.6) is 5.75 Å². The molecule has 0 aliphatic carbocycles. The fourth-order valence-corrected chi connectivity index (χ4v) is 1.47. The van der Waals surface area contributed by atoms with Crippen molar-refractivity contribution in [1.29, 1.82) is 0 Å². The first-order valence-corrected chi connectivity index (χ1v) is 4.92. The number of hydrogen-bond acceptors (Lipinski definition) is 5. The van der Waals surface area contributed by atoms with E-state index in [1.807, 2.05) is 0 Å². The van der Waals surface area contributed by atoms with Crippen molar-refractivity contribution in [2.24, 2.45) is 0 Å². The van der Waals surface area contributed by atoms with Crippen LogP contribution in [0, 0.1) is 10.1 Å². The Bertz CT molecular complexity index is 481. The van der Waals surface area contributed by atoms with Crippen LogP contribution in [0.25, 0.3) is 0 Å². The van der Waals surface area contributed by atoms with Crippen molar-refractivity contribution >= 4 is 17.8 Å². The van der Waals surface area contributed by atoms with E-state index in [0.717, 1.165) is 12.1 Å². The van der Waals surface area contributed by atoms with Crippen LogP contribution >= 0.6 is 0 Å². The summed E-state index contributed by atoms with van der Waals surface area (Å²) in [4.78, 5) is 32.2. The minimum Gasteiger partial charge on any atom is -0.493 e. The van der Waals surface area contributed by atoms with Crippen molar-refractivity contribution in [2.75, 3.05) is 6.61 Å². The van der Waals surface area contributed by atoms with Crippen LogP contribution in [0.15, 0.2) is 12.1 Å². The van der Waals surface area contributed by atoms with E-state index in [1.54, 1.807) is 6.92 Å². The van der Waals surface area contributed by atoms with E-state index in [9.17, 15) is 19.7 Å². The molecule has 0 unspecified atom stereocenters. The van der Waals surface area contributed by atoms with Crippen molar-refractivity contribution in [3.05, 3.63) is 33.4 Å². The highest BCUT2D eigenvalue weighted by Gasteiger charge is 2.20. The molecule has 0 N–H and O–H groups in total. The summed E-state index contributed by atoms with van der Waals surface area (Å²) < 4.78 is 5.15. The fraction of sp³-hybridized carbons (Fsp3) is 0.273. The lowest BCUT2D eigenvalue weighted by atomic mass is 10.0. The summed E-state index contributed by atoms with van der Waals surface area (Å²) in [7, 11) is 0. The Hall–Kier alpha value is -2.24. The lowest BCUT2D eigenvalue weighted by Gasteiger charge is -2.09. The lowest BCUT2D eigenvalue weighted by molar-refractivity contribution is -0.385. The summed E-state index contributed by atoms with van der Waals surface area (Å²) in [5, 5.41) is 10.7. The van der Waals surface area contributed by atoms with Gasteiger partial charge in [-0.15, -0.1) is 0 Å². The van der Waals surface area contributed by atoms with E-state index in [4.69, 9.17) is 4.74 Å². The Morgan fingerprint density at radius 1 is 1.53 bits per heavy atom. The standard InChI is InChI=1S/C11H11NO5/c1-3-17-10-5-9(12(15)16)4-8(6-13)11(10)7(2)14/h4-6H,3H2,1-2H3. The molecule has 0 heterocycles. The van der Waals surface area contributed by atoms with E-state index < -0.39 is 4.92 Å². The molecule has 90 valence electrons. The largest absolute Gasteiger partial charge is 0.493 e. The van der Waals surface area contributed by atoms with Gasteiger partial charge < -0.3 is 4.74 Å². The second-order valence-corrected chi connectivity index (χ2v) is 3.27. The Kier molecular flexibility index (Phi) is 3.92. The van der Waals surface area contributed by atoms with Crippen LogP contribution in [0.4, 0.5) is 5.69 Å². The molecule has 1 rings (SSSR count). The van der Waals surface area contributed by atoms with Gasteiger partial charge in [0, 0.05) is 11.6 Å². The first kappa shape index (κ1) is 12.8. The van der Waals surface area contributed by atoms with Gasteiger partial charge in [-0.2, -0.15) is 0 Å². The van der Waals surface area contributed by atoms with E-state index in [-0.39, 0.29) is 35.0 Å². The Balaban J connectivity index is 3.50. The van der Waals surface area contributed by atoms with Crippen LogP contribution in [-0.2, 0) is 0 Å². The molecule has 0 spiro atoms. The number of aldehydes is 1. The second-order valence-electron chi connectivity index (χ2n) is 3.27. The van der Waals surface area contributed by atoms with Gasteiger partial charge in [-0.3, -0.25) is 19.7 Å². The van der Waals surface area contributed by atoms with Crippen molar-refractivity contribution in [3.63, 3.8) is 0 Å². The number of ether oxygens (including phenoxy) is 1. The quantitative estimate of drug-likeness (QED) is 0.338. The smallest absolute Gasteiger partial charge is 0.273 e. The number of carbonyl (C=O) groups is 2. The Morgan fingerprint density at radius 2 is 2.18 bits per heavy atom. The third-order valence-electron chi connectivity index (χ3n) is 2.11. The normalized spacial score (nSPS) is 9.76. The van der Waals surface area contributed by atoms with Gasteiger partial charge in [0.15, 0.2) is 12.1 Å². The van der Waals surface area contributed by atoms with Crippen molar-refractivity contribution in [1.82, 2.24) is 0 Å². The summed E-state index contributed by atoms with van der Waals surface area (Å²) in [5.74, 6) is -0.304. The molecule has 0 bridgehead atoms. The number of nitro groups is 1. The van der Waals surface area contributed by atoms with E-state index in [0.29, 0.717) is 6.29 Å². The summed E-state index contributed by atoms with van der Waals surface area (Å²) in [5.41, 5.74) is -0.233. The van der Waals surface area contributed by atoms with Crippen molar-refractivity contribution < 1.29 is 19.2 Å². The van der Waals surface area contributed by atoms with Gasteiger partial charge >= 0.3 is 0 Å².